The van der Waals surface area contributed by atoms with Crippen molar-refractivity contribution < 1.29 is 9.59 Å². The van der Waals surface area contributed by atoms with Gasteiger partial charge in [-0.15, -0.1) is 0 Å². The van der Waals surface area contributed by atoms with Crippen molar-refractivity contribution in [1.82, 2.24) is 20.0 Å². The van der Waals surface area contributed by atoms with Crippen LogP contribution in [0, 0.1) is 6.92 Å². The van der Waals surface area contributed by atoms with Gasteiger partial charge < -0.3 is 9.80 Å². The van der Waals surface area contributed by atoms with Crippen LogP contribution in [0.3, 0.4) is 0 Å². The summed E-state index contributed by atoms with van der Waals surface area (Å²) in [6, 6.07) is 19.5. The molecule has 1 saturated heterocycles. The number of carbonyl (C=O) groups is 2. The Hall–Kier alpha value is -3.41. The van der Waals surface area contributed by atoms with Gasteiger partial charge in [-0.1, -0.05) is 42.5 Å². The van der Waals surface area contributed by atoms with E-state index < -0.39 is 0 Å². The zero-order chi connectivity index (χ0) is 19.5. The Labute approximate surface area is 163 Å². The molecule has 0 radical (unpaired) electrons. The summed E-state index contributed by atoms with van der Waals surface area (Å²) in [6.07, 6.45) is 0. The van der Waals surface area contributed by atoms with Crippen molar-refractivity contribution in [2.75, 3.05) is 26.2 Å². The third kappa shape index (κ3) is 3.67. The van der Waals surface area contributed by atoms with Crippen molar-refractivity contribution in [2.24, 2.45) is 0 Å². The largest absolute Gasteiger partial charge is 0.335 e. The van der Waals surface area contributed by atoms with E-state index in [9.17, 15) is 9.59 Å². The zero-order valence-electron chi connectivity index (χ0n) is 15.8. The molecular formula is C22H22N4O2. The summed E-state index contributed by atoms with van der Waals surface area (Å²) in [7, 11) is 0. The Balaban J connectivity index is 1.42. The van der Waals surface area contributed by atoms with Crippen molar-refractivity contribution in [2.45, 2.75) is 6.92 Å². The van der Waals surface area contributed by atoms with Gasteiger partial charge in [-0.3, -0.25) is 14.7 Å². The lowest BCUT2D eigenvalue weighted by molar-refractivity contribution is 0.0532. The number of rotatable bonds is 3. The van der Waals surface area contributed by atoms with Crippen molar-refractivity contribution in [1.29, 1.82) is 0 Å². The predicted molar refractivity (Wildman–Crippen MR) is 107 cm³/mol. The first-order valence-corrected chi connectivity index (χ1v) is 9.38. The van der Waals surface area contributed by atoms with Gasteiger partial charge in [0.1, 0.15) is 5.69 Å². The lowest BCUT2D eigenvalue weighted by Crippen LogP contribution is -2.50. The number of piperazine rings is 1. The number of H-pyrrole nitrogens is 1. The van der Waals surface area contributed by atoms with E-state index in [2.05, 4.69) is 10.2 Å². The standard InChI is InChI=1S/C22H22N4O2/c1-16-14-20(24-23-16)22(28)26-12-10-25(11-13-26)21(27)19-9-5-8-18(15-19)17-6-3-2-4-7-17/h2-9,14-15H,10-13H2,1H3,(H,23,24). The van der Waals surface area contributed by atoms with Crippen molar-refractivity contribution in [3.8, 4) is 11.1 Å². The molecule has 2 aromatic carbocycles. The third-order valence-electron chi connectivity index (χ3n) is 5.00. The number of carbonyl (C=O) groups excluding carboxylic acids is 2. The molecule has 0 unspecified atom stereocenters. The van der Waals surface area contributed by atoms with Crippen molar-refractivity contribution in [3.05, 3.63) is 77.6 Å². The minimum absolute atomic E-state index is 0.000457. The van der Waals surface area contributed by atoms with E-state index in [0.717, 1.165) is 16.8 Å². The monoisotopic (exact) mass is 374 g/mol. The highest BCUT2D eigenvalue weighted by Crippen LogP contribution is 2.21. The Kier molecular flexibility index (Phi) is 4.93. The maximum Gasteiger partial charge on any atom is 0.274 e. The van der Waals surface area contributed by atoms with E-state index in [1.54, 1.807) is 11.0 Å². The fraction of sp³-hybridized carbons (Fsp3) is 0.227. The maximum atomic E-state index is 12.9. The molecule has 28 heavy (non-hydrogen) atoms. The van der Waals surface area contributed by atoms with Crippen molar-refractivity contribution in [3.63, 3.8) is 0 Å². The number of benzene rings is 2. The van der Waals surface area contributed by atoms with Crippen LogP contribution in [0.15, 0.2) is 60.7 Å². The zero-order valence-corrected chi connectivity index (χ0v) is 15.8. The van der Waals surface area contributed by atoms with E-state index in [0.29, 0.717) is 37.4 Å². The SMILES string of the molecule is Cc1cc(C(=O)N2CCN(C(=O)c3cccc(-c4ccccc4)c3)CC2)n[nH]1. The number of amides is 2. The predicted octanol–water partition coefficient (Wildman–Crippen LogP) is 2.98. The summed E-state index contributed by atoms with van der Waals surface area (Å²) in [4.78, 5) is 29.0. The highest BCUT2D eigenvalue weighted by Gasteiger charge is 2.26. The second-order valence-electron chi connectivity index (χ2n) is 6.97. The average molecular weight is 374 g/mol. The molecule has 142 valence electrons. The second kappa shape index (κ2) is 7.68. The van der Waals surface area contributed by atoms with E-state index in [1.165, 1.54) is 0 Å². The molecular weight excluding hydrogens is 352 g/mol. The molecule has 1 aromatic heterocycles. The lowest BCUT2D eigenvalue weighted by Gasteiger charge is -2.34. The molecule has 0 aliphatic carbocycles. The van der Waals surface area contributed by atoms with Gasteiger partial charge in [-0.25, -0.2) is 0 Å². The number of nitrogens with zero attached hydrogens (tertiary/aromatic N) is 3. The lowest BCUT2D eigenvalue weighted by atomic mass is 10.0. The summed E-state index contributed by atoms with van der Waals surface area (Å²) in [5.41, 5.74) is 4.06. The molecule has 0 spiro atoms. The van der Waals surface area contributed by atoms with Gasteiger partial charge in [0.2, 0.25) is 0 Å². The molecule has 1 N–H and O–H groups in total. The molecule has 2 amide bonds. The van der Waals surface area contributed by atoms with Crippen LogP contribution in [0.4, 0.5) is 0 Å². The first-order valence-electron chi connectivity index (χ1n) is 9.38. The van der Waals surface area contributed by atoms with Crippen LogP contribution in [0.1, 0.15) is 26.5 Å². The molecule has 3 aromatic rings. The smallest absolute Gasteiger partial charge is 0.274 e. The third-order valence-corrected chi connectivity index (χ3v) is 5.00. The second-order valence-corrected chi connectivity index (χ2v) is 6.97. The molecule has 0 saturated carbocycles. The van der Waals surface area contributed by atoms with Gasteiger partial charge in [0.25, 0.3) is 11.8 Å². The molecule has 1 aliphatic heterocycles. The van der Waals surface area contributed by atoms with Gasteiger partial charge in [-0.2, -0.15) is 5.10 Å². The number of hydrogen-bond donors (Lipinski definition) is 1. The first kappa shape index (κ1) is 18.0. The Morgan fingerprint density at radius 1 is 0.821 bits per heavy atom. The van der Waals surface area contributed by atoms with Crippen LogP contribution >= 0.6 is 0 Å². The summed E-state index contributed by atoms with van der Waals surface area (Å²) in [5, 5.41) is 6.83. The van der Waals surface area contributed by atoms with Gasteiger partial charge in [0.15, 0.2) is 0 Å². The molecule has 4 rings (SSSR count). The summed E-state index contributed by atoms with van der Waals surface area (Å²) in [5.74, 6) is -0.0944. The van der Waals surface area contributed by atoms with Crippen LogP contribution < -0.4 is 0 Å². The molecule has 0 bridgehead atoms. The number of aromatic amines is 1. The Bertz CT molecular complexity index is 989. The normalized spacial score (nSPS) is 14.2. The van der Waals surface area contributed by atoms with Crippen LogP contribution in [-0.2, 0) is 0 Å². The molecule has 6 heteroatoms. The van der Waals surface area contributed by atoms with E-state index in [1.807, 2.05) is 66.4 Å². The molecule has 1 fully saturated rings. The minimum Gasteiger partial charge on any atom is -0.335 e. The van der Waals surface area contributed by atoms with Gasteiger partial charge in [-0.05, 0) is 36.2 Å². The quantitative estimate of drug-likeness (QED) is 0.766. The molecule has 2 heterocycles. The number of aryl methyl sites for hydroxylation is 1. The Morgan fingerprint density at radius 3 is 2.11 bits per heavy atom. The topological polar surface area (TPSA) is 69.3 Å². The minimum atomic E-state index is -0.0949. The average Bonchev–Trinajstić information content (AvgIpc) is 3.20. The van der Waals surface area contributed by atoms with E-state index in [4.69, 9.17) is 0 Å². The van der Waals surface area contributed by atoms with Crippen LogP contribution in [0.5, 0.6) is 0 Å². The fourth-order valence-corrected chi connectivity index (χ4v) is 3.45. The summed E-state index contributed by atoms with van der Waals surface area (Å²) < 4.78 is 0. The van der Waals surface area contributed by atoms with Gasteiger partial charge in [0, 0.05) is 37.4 Å². The van der Waals surface area contributed by atoms with E-state index in [-0.39, 0.29) is 11.8 Å². The summed E-state index contributed by atoms with van der Waals surface area (Å²) >= 11 is 0. The number of hydrogen-bond acceptors (Lipinski definition) is 3. The fourth-order valence-electron chi connectivity index (χ4n) is 3.45. The van der Waals surface area contributed by atoms with Gasteiger partial charge >= 0.3 is 0 Å². The maximum absolute atomic E-state index is 12.9. The highest BCUT2D eigenvalue weighted by atomic mass is 16.2. The Morgan fingerprint density at radius 2 is 1.46 bits per heavy atom. The van der Waals surface area contributed by atoms with Crippen LogP contribution in [0.2, 0.25) is 0 Å². The molecule has 6 nitrogen and oxygen atoms in total. The van der Waals surface area contributed by atoms with Crippen molar-refractivity contribution >= 4 is 11.8 Å². The van der Waals surface area contributed by atoms with Gasteiger partial charge in [0.05, 0.1) is 0 Å². The number of aromatic nitrogens is 2. The molecule has 1 aliphatic rings. The van der Waals surface area contributed by atoms with E-state index >= 15 is 0 Å². The van der Waals surface area contributed by atoms with Crippen LogP contribution in [0.25, 0.3) is 11.1 Å². The first-order chi connectivity index (χ1) is 13.6. The summed E-state index contributed by atoms with van der Waals surface area (Å²) in [6.45, 7) is 3.92. The van der Waals surface area contributed by atoms with Crippen LogP contribution in [-0.4, -0.2) is 58.0 Å². The number of nitrogens with one attached hydrogen (secondary N) is 1. The molecule has 0 atom stereocenters. The highest BCUT2D eigenvalue weighted by molar-refractivity contribution is 5.96.